The van der Waals surface area contributed by atoms with E-state index < -0.39 is 0 Å². The summed E-state index contributed by atoms with van der Waals surface area (Å²) >= 11 is 0. The van der Waals surface area contributed by atoms with Gasteiger partial charge in [0.2, 0.25) is 5.91 Å². The van der Waals surface area contributed by atoms with Gasteiger partial charge < -0.3 is 5.73 Å². The average Bonchev–Trinajstić information content (AvgIpc) is 2.39. The number of hydrogen-bond acceptors (Lipinski definition) is 2. The Morgan fingerprint density at radius 1 is 1.82 bits per heavy atom. The number of nitrogens with two attached hydrogens (primary N) is 1. The van der Waals surface area contributed by atoms with Crippen LogP contribution in [0.3, 0.4) is 0 Å². The third-order valence-corrected chi connectivity index (χ3v) is 1.29. The third kappa shape index (κ3) is 2.84. The molecule has 1 aromatic rings. The summed E-state index contributed by atoms with van der Waals surface area (Å²) in [5, 5.41) is 6.42. The average molecular weight is 152 g/mol. The van der Waals surface area contributed by atoms with Gasteiger partial charge in [0.1, 0.15) is 0 Å². The Kier molecular flexibility index (Phi) is 2.66. The van der Waals surface area contributed by atoms with Crippen molar-refractivity contribution in [1.82, 2.24) is 10.2 Å². The van der Waals surface area contributed by atoms with Gasteiger partial charge in [-0.3, -0.25) is 9.89 Å². The summed E-state index contributed by atoms with van der Waals surface area (Å²) in [6.45, 7) is 0. The number of amides is 1. The lowest BCUT2D eigenvalue weighted by atomic mass is 10.1. The largest absolute Gasteiger partial charge is 0.370 e. The first kappa shape index (κ1) is 7.78. The predicted octanol–water partition coefficient (Wildman–Crippen LogP) is 0.228. The van der Waals surface area contributed by atoms with E-state index in [-0.39, 0.29) is 5.91 Å². The lowest BCUT2D eigenvalue weighted by molar-refractivity contribution is -0.117. The summed E-state index contributed by atoms with van der Waals surface area (Å²) in [7, 11) is 0. The summed E-state index contributed by atoms with van der Waals surface area (Å²) in [6.07, 6.45) is 6.44. The number of H-pyrrole nitrogens is 1. The molecule has 59 valence electrons. The number of aromatic amines is 1. The van der Waals surface area contributed by atoms with E-state index in [0.29, 0.717) is 12.8 Å². The van der Waals surface area contributed by atoms with Crippen molar-refractivity contribution in [3.05, 3.63) is 24.4 Å². The van der Waals surface area contributed by atoms with E-state index in [2.05, 4.69) is 10.2 Å². The van der Waals surface area contributed by atoms with E-state index in [1.165, 1.54) is 0 Å². The molecule has 0 spiro atoms. The molecule has 0 saturated heterocycles. The van der Waals surface area contributed by atoms with Crippen molar-refractivity contribution >= 4 is 5.91 Å². The normalized spacial score (nSPS) is 9.82. The standard InChI is InChI=1S/C7H10N3O/c8-7(11)3-1-2-6-4-9-10-5-6/h2,4-5H,1,3H2,(H2,8,11)(H,9,10). The van der Waals surface area contributed by atoms with Crippen LogP contribution in [0.5, 0.6) is 0 Å². The summed E-state index contributed by atoms with van der Waals surface area (Å²) in [6, 6.07) is 0. The molecule has 0 fully saturated rings. The molecule has 1 aromatic heterocycles. The molecule has 0 aliphatic carbocycles. The van der Waals surface area contributed by atoms with Crippen LogP contribution in [-0.4, -0.2) is 16.1 Å². The zero-order chi connectivity index (χ0) is 8.10. The zero-order valence-electron chi connectivity index (χ0n) is 6.08. The maximum atomic E-state index is 10.3. The highest BCUT2D eigenvalue weighted by molar-refractivity contribution is 5.73. The van der Waals surface area contributed by atoms with Crippen LogP contribution in [0, 0.1) is 6.42 Å². The number of primary amides is 1. The zero-order valence-corrected chi connectivity index (χ0v) is 6.08. The second-order valence-electron chi connectivity index (χ2n) is 2.24. The Morgan fingerprint density at radius 3 is 3.18 bits per heavy atom. The Bertz CT molecular complexity index is 218. The highest BCUT2D eigenvalue weighted by Gasteiger charge is 1.96. The van der Waals surface area contributed by atoms with E-state index in [9.17, 15) is 4.79 Å². The first-order valence-electron chi connectivity index (χ1n) is 3.39. The van der Waals surface area contributed by atoms with Crippen LogP contribution in [-0.2, 0) is 4.79 Å². The molecule has 0 saturated carbocycles. The molecular weight excluding hydrogens is 142 g/mol. The van der Waals surface area contributed by atoms with Crippen molar-refractivity contribution in [2.75, 3.05) is 0 Å². The lowest BCUT2D eigenvalue weighted by Crippen LogP contribution is -2.09. The minimum absolute atomic E-state index is 0.273. The first-order valence-corrected chi connectivity index (χ1v) is 3.39. The highest BCUT2D eigenvalue weighted by Crippen LogP contribution is 2.03. The van der Waals surface area contributed by atoms with Crippen molar-refractivity contribution in [1.29, 1.82) is 0 Å². The van der Waals surface area contributed by atoms with Gasteiger partial charge in [0.05, 0.1) is 6.20 Å². The number of hydrogen-bond donors (Lipinski definition) is 2. The summed E-state index contributed by atoms with van der Waals surface area (Å²) in [4.78, 5) is 10.3. The van der Waals surface area contributed by atoms with Crippen LogP contribution in [0.15, 0.2) is 12.4 Å². The second-order valence-corrected chi connectivity index (χ2v) is 2.24. The van der Waals surface area contributed by atoms with Crippen LogP contribution in [0.2, 0.25) is 0 Å². The van der Waals surface area contributed by atoms with Gasteiger partial charge in [0.15, 0.2) is 0 Å². The second kappa shape index (κ2) is 3.75. The van der Waals surface area contributed by atoms with Crippen LogP contribution in [0.4, 0.5) is 0 Å². The van der Waals surface area contributed by atoms with Gasteiger partial charge in [0.25, 0.3) is 0 Å². The third-order valence-electron chi connectivity index (χ3n) is 1.29. The topological polar surface area (TPSA) is 71.8 Å². The molecule has 0 unspecified atom stereocenters. The molecule has 0 atom stereocenters. The van der Waals surface area contributed by atoms with E-state index in [1.807, 2.05) is 6.42 Å². The van der Waals surface area contributed by atoms with Crippen molar-refractivity contribution in [3.63, 3.8) is 0 Å². The number of nitrogens with one attached hydrogen (secondary N) is 1. The minimum Gasteiger partial charge on any atom is -0.370 e. The highest BCUT2D eigenvalue weighted by atomic mass is 16.1. The van der Waals surface area contributed by atoms with Crippen LogP contribution >= 0.6 is 0 Å². The number of rotatable bonds is 4. The number of carbonyl (C=O) groups excluding carboxylic acids is 1. The monoisotopic (exact) mass is 152 g/mol. The summed E-state index contributed by atoms with van der Waals surface area (Å²) in [5.41, 5.74) is 5.94. The van der Waals surface area contributed by atoms with Gasteiger partial charge in [-0.25, -0.2) is 0 Å². The summed E-state index contributed by atoms with van der Waals surface area (Å²) < 4.78 is 0. The molecular formula is C7H10N3O. The van der Waals surface area contributed by atoms with Gasteiger partial charge >= 0.3 is 0 Å². The van der Waals surface area contributed by atoms with Gasteiger partial charge in [-0.2, -0.15) is 5.10 Å². The Hall–Kier alpha value is -1.32. The molecule has 4 nitrogen and oxygen atoms in total. The Labute approximate surface area is 64.8 Å². The van der Waals surface area contributed by atoms with Crippen molar-refractivity contribution < 1.29 is 4.79 Å². The number of carbonyl (C=O) groups is 1. The molecule has 0 aromatic carbocycles. The summed E-state index contributed by atoms with van der Waals surface area (Å²) in [5.74, 6) is -0.273. The van der Waals surface area contributed by atoms with Crippen molar-refractivity contribution in [2.24, 2.45) is 5.73 Å². The fourth-order valence-corrected chi connectivity index (χ4v) is 0.754. The molecule has 0 bridgehead atoms. The molecule has 4 heteroatoms. The fourth-order valence-electron chi connectivity index (χ4n) is 0.754. The molecule has 1 heterocycles. The van der Waals surface area contributed by atoms with E-state index in [0.717, 1.165) is 5.56 Å². The first-order chi connectivity index (χ1) is 5.29. The molecule has 3 N–H and O–H groups in total. The Morgan fingerprint density at radius 2 is 2.64 bits per heavy atom. The number of nitrogens with zero attached hydrogens (tertiary/aromatic N) is 1. The van der Waals surface area contributed by atoms with Crippen LogP contribution in [0.25, 0.3) is 0 Å². The SMILES string of the molecule is NC(=O)CC[CH]c1cn[nH]c1. The van der Waals surface area contributed by atoms with E-state index in [1.54, 1.807) is 12.4 Å². The lowest BCUT2D eigenvalue weighted by Gasteiger charge is -1.92. The molecule has 1 rings (SSSR count). The minimum atomic E-state index is -0.273. The molecule has 1 radical (unpaired) electrons. The van der Waals surface area contributed by atoms with Gasteiger partial charge in [0, 0.05) is 12.6 Å². The predicted molar refractivity (Wildman–Crippen MR) is 40.4 cm³/mol. The molecule has 1 amide bonds. The van der Waals surface area contributed by atoms with Crippen molar-refractivity contribution in [2.45, 2.75) is 12.8 Å². The van der Waals surface area contributed by atoms with E-state index in [4.69, 9.17) is 5.73 Å². The van der Waals surface area contributed by atoms with Gasteiger partial charge in [-0.15, -0.1) is 0 Å². The smallest absolute Gasteiger partial charge is 0.217 e. The van der Waals surface area contributed by atoms with Crippen molar-refractivity contribution in [3.8, 4) is 0 Å². The Balaban J connectivity index is 2.19. The molecule has 11 heavy (non-hydrogen) atoms. The van der Waals surface area contributed by atoms with Crippen LogP contribution < -0.4 is 5.73 Å². The molecule has 0 aliphatic heterocycles. The fraction of sp³-hybridized carbons (Fsp3) is 0.286. The molecule has 0 aliphatic rings. The quantitative estimate of drug-likeness (QED) is 0.648. The maximum Gasteiger partial charge on any atom is 0.217 e. The van der Waals surface area contributed by atoms with Gasteiger partial charge in [-0.1, -0.05) is 0 Å². The van der Waals surface area contributed by atoms with Crippen LogP contribution in [0.1, 0.15) is 18.4 Å². The van der Waals surface area contributed by atoms with E-state index >= 15 is 0 Å². The maximum absolute atomic E-state index is 10.3. The number of aromatic nitrogens is 2. The van der Waals surface area contributed by atoms with Gasteiger partial charge in [-0.05, 0) is 18.4 Å².